The fourth-order valence-corrected chi connectivity index (χ4v) is 2.16. The van der Waals surface area contributed by atoms with Gasteiger partial charge in [0.2, 0.25) is 5.89 Å². The highest BCUT2D eigenvalue weighted by Crippen LogP contribution is 2.23. The van der Waals surface area contributed by atoms with Gasteiger partial charge in [0.05, 0.1) is 17.7 Å². The first-order valence-corrected chi connectivity index (χ1v) is 9.03. The summed E-state index contributed by atoms with van der Waals surface area (Å²) < 4.78 is 10.1. The normalized spacial score (nSPS) is 10.4. The Morgan fingerprint density at radius 2 is 2.12 bits per heavy atom. The number of esters is 1. The molecule has 8 heteroatoms. The molecule has 0 saturated heterocycles. The highest BCUT2D eigenvalue weighted by atomic mass is 35.5. The van der Waals surface area contributed by atoms with E-state index < -0.39 is 5.97 Å². The number of ether oxygens (including phenoxy) is 1. The highest BCUT2D eigenvalue weighted by Gasteiger charge is 2.14. The molecule has 0 bridgehead atoms. The molecule has 0 spiro atoms. The number of carbonyl (C=O) groups is 1. The summed E-state index contributed by atoms with van der Waals surface area (Å²) in [5.74, 6) is 0.0599. The van der Waals surface area contributed by atoms with Crippen LogP contribution >= 0.6 is 35.8 Å². The maximum Gasteiger partial charge on any atom is 0.360 e. The van der Waals surface area contributed by atoms with Gasteiger partial charge in [0, 0.05) is 9.92 Å². The number of nitrogens with zero attached hydrogens (tertiary/aromatic N) is 1. The molecule has 2 aromatic rings. The third-order valence-electron chi connectivity index (χ3n) is 2.72. The Morgan fingerprint density at radius 1 is 1.40 bits per heavy atom. The van der Waals surface area contributed by atoms with Gasteiger partial charge in [-0.25, -0.2) is 9.78 Å². The van der Waals surface area contributed by atoms with E-state index in [1.165, 1.54) is 6.26 Å². The number of aromatic nitrogens is 1. The number of oxazole rings is 1. The van der Waals surface area contributed by atoms with Crippen molar-refractivity contribution < 1.29 is 13.9 Å². The molecule has 1 aromatic carbocycles. The van der Waals surface area contributed by atoms with Crippen molar-refractivity contribution in [2.24, 2.45) is 0 Å². The lowest BCUT2D eigenvalue weighted by Gasteiger charge is -2.04. The number of benzene rings is 1. The predicted molar refractivity (Wildman–Crippen MR) is 103 cm³/mol. The average Bonchev–Trinajstić information content (AvgIpc) is 3.01. The van der Waals surface area contributed by atoms with Crippen molar-refractivity contribution in [3.63, 3.8) is 0 Å². The largest absolute Gasteiger partial charge is 0.458 e. The molecule has 138 valence electrons. The molecule has 5 nitrogen and oxygen atoms in total. The van der Waals surface area contributed by atoms with Crippen LogP contribution in [0.15, 0.2) is 33.8 Å². The van der Waals surface area contributed by atoms with Crippen molar-refractivity contribution in [2.75, 3.05) is 6.54 Å². The number of nitrogens with one attached hydrogen (secondary N) is 1. The second-order valence-electron chi connectivity index (χ2n) is 5.35. The minimum absolute atomic E-state index is 0.147. The van der Waals surface area contributed by atoms with Gasteiger partial charge >= 0.3 is 5.97 Å². The van der Waals surface area contributed by atoms with Crippen LogP contribution < -0.4 is 5.32 Å². The molecule has 0 amide bonds. The van der Waals surface area contributed by atoms with Crippen LogP contribution in [0.25, 0.3) is 0 Å². The molecule has 2 rings (SSSR count). The first-order valence-electron chi connectivity index (χ1n) is 7.83. The zero-order chi connectivity index (χ0) is 18.8. The average molecular weight is 405 g/mol. The predicted octanol–water partition coefficient (Wildman–Crippen LogP) is 5.02. The van der Waals surface area contributed by atoms with Gasteiger partial charge in [-0.2, -0.15) is 0 Å². The fraction of sp³-hybridized carbons (Fsp3) is 0.412. The molecular formula is C17H22Cl2N2O3S. The lowest BCUT2D eigenvalue weighted by atomic mass is 10.4. The molecule has 0 aliphatic heterocycles. The molecule has 1 aromatic heterocycles. The van der Waals surface area contributed by atoms with Crippen LogP contribution in [0.4, 0.5) is 0 Å². The van der Waals surface area contributed by atoms with Crippen molar-refractivity contribution in [3.8, 4) is 0 Å². The van der Waals surface area contributed by atoms with Gasteiger partial charge < -0.3 is 14.5 Å². The van der Waals surface area contributed by atoms with Gasteiger partial charge in [0.25, 0.3) is 0 Å². The zero-order valence-electron chi connectivity index (χ0n) is 14.4. The molecular weight excluding hydrogens is 383 g/mol. The SMILES string of the molecule is CCCNCc1nc(C(=O)OC(C)C)co1.Sc1ccc(Cl)cc1Cl. The van der Waals surface area contributed by atoms with Crippen LogP contribution in [-0.2, 0) is 11.3 Å². The van der Waals surface area contributed by atoms with Crippen molar-refractivity contribution in [1.29, 1.82) is 0 Å². The molecule has 0 atom stereocenters. The second kappa shape index (κ2) is 11.4. The van der Waals surface area contributed by atoms with Gasteiger partial charge in [0.15, 0.2) is 5.69 Å². The molecule has 0 saturated carbocycles. The third-order valence-corrected chi connectivity index (χ3v) is 3.79. The van der Waals surface area contributed by atoms with Crippen LogP contribution in [0.5, 0.6) is 0 Å². The van der Waals surface area contributed by atoms with Gasteiger partial charge in [-0.15, -0.1) is 12.6 Å². The quantitative estimate of drug-likeness (QED) is 0.401. The Labute approximate surface area is 163 Å². The van der Waals surface area contributed by atoms with E-state index in [0.29, 0.717) is 22.5 Å². The van der Waals surface area contributed by atoms with E-state index in [1.807, 2.05) is 0 Å². The van der Waals surface area contributed by atoms with E-state index in [2.05, 4.69) is 29.9 Å². The van der Waals surface area contributed by atoms with Gasteiger partial charge in [-0.05, 0) is 45.0 Å². The Hall–Kier alpha value is -1.21. The summed E-state index contributed by atoms with van der Waals surface area (Å²) in [5, 5.41) is 4.36. The van der Waals surface area contributed by atoms with Crippen molar-refractivity contribution >= 4 is 41.8 Å². The van der Waals surface area contributed by atoms with Crippen LogP contribution in [0, 0.1) is 0 Å². The van der Waals surface area contributed by atoms with Gasteiger partial charge in [-0.1, -0.05) is 30.1 Å². The smallest absolute Gasteiger partial charge is 0.360 e. The van der Waals surface area contributed by atoms with Gasteiger partial charge in [-0.3, -0.25) is 0 Å². The summed E-state index contributed by atoms with van der Waals surface area (Å²) in [6.45, 7) is 7.09. The molecule has 0 aliphatic carbocycles. The number of rotatable bonds is 6. The molecule has 0 unspecified atom stereocenters. The Bertz CT molecular complexity index is 678. The van der Waals surface area contributed by atoms with Crippen LogP contribution in [-0.4, -0.2) is 23.6 Å². The van der Waals surface area contributed by atoms with E-state index in [-0.39, 0.29) is 11.8 Å². The Morgan fingerprint density at radius 3 is 2.68 bits per heavy atom. The van der Waals surface area contributed by atoms with Crippen molar-refractivity contribution in [3.05, 3.63) is 46.1 Å². The fourth-order valence-electron chi connectivity index (χ4n) is 1.61. The van der Waals surface area contributed by atoms with Crippen LogP contribution in [0.2, 0.25) is 10.0 Å². The number of hydrogen-bond acceptors (Lipinski definition) is 6. The molecule has 1 N–H and O–H groups in total. The number of thiol groups is 1. The molecule has 0 aliphatic rings. The summed E-state index contributed by atoms with van der Waals surface area (Å²) in [4.78, 5) is 16.2. The lowest BCUT2D eigenvalue weighted by molar-refractivity contribution is 0.0371. The number of halogens is 2. The van der Waals surface area contributed by atoms with E-state index >= 15 is 0 Å². The molecule has 1 heterocycles. The topological polar surface area (TPSA) is 64.4 Å². The molecule has 0 radical (unpaired) electrons. The minimum atomic E-state index is -0.444. The van der Waals surface area contributed by atoms with Crippen molar-refractivity contribution in [1.82, 2.24) is 10.3 Å². The highest BCUT2D eigenvalue weighted by molar-refractivity contribution is 7.80. The minimum Gasteiger partial charge on any atom is -0.458 e. The summed E-state index contributed by atoms with van der Waals surface area (Å²) in [7, 11) is 0. The first-order chi connectivity index (χ1) is 11.8. The van der Waals surface area contributed by atoms with Gasteiger partial charge in [0.1, 0.15) is 6.26 Å². The van der Waals surface area contributed by atoms with Crippen molar-refractivity contribution in [2.45, 2.75) is 44.7 Å². The van der Waals surface area contributed by atoms with Crippen LogP contribution in [0.3, 0.4) is 0 Å². The monoisotopic (exact) mass is 404 g/mol. The standard InChI is InChI=1S/C11H18N2O3.C6H4Cl2S/c1-4-5-12-6-10-13-9(7-15-10)11(14)16-8(2)3;7-4-1-2-6(9)5(8)3-4/h7-8,12H,4-6H2,1-3H3;1-3,9H. The summed E-state index contributed by atoms with van der Waals surface area (Å²) >= 11 is 15.3. The number of carbonyl (C=O) groups excluding carboxylic acids is 1. The maximum absolute atomic E-state index is 11.4. The van der Waals surface area contributed by atoms with E-state index in [4.69, 9.17) is 32.4 Å². The number of hydrogen-bond donors (Lipinski definition) is 2. The summed E-state index contributed by atoms with van der Waals surface area (Å²) in [6, 6.07) is 5.16. The van der Waals surface area contributed by atoms with E-state index in [0.717, 1.165) is 17.9 Å². The Kier molecular flexibility index (Phi) is 9.97. The molecule has 0 fully saturated rings. The Balaban J connectivity index is 0.000000293. The lowest BCUT2D eigenvalue weighted by Crippen LogP contribution is -2.15. The second-order valence-corrected chi connectivity index (χ2v) is 6.68. The zero-order valence-corrected chi connectivity index (χ0v) is 16.8. The summed E-state index contributed by atoms with van der Waals surface area (Å²) in [6.07, 6.45) is 2.22. The maximum atomic E-state index is 11.4. The van der Waals surface area contributed by atoms with E-state index in [1.54, 1.807) is 32.0 Å². The first kappa shape index (κ1) is 21.8. The van der Waals surface area contributed by atoms with E-state index in [9.17, 15) is 4.79 Å². The third kappa shape index (κ3) is 8.63. The molecule has 25 heavy (non-hydrogen) atoms. The van der Waals surface area contributed by atoms with Crippen LogP contribution in [0.1, 0.15) is 43.6 Å². The summed E-state index contributed by atoms with van der Waals surface area (Å²) in [5.41, 5.74) is 0.224.